The molecule has 1 radical (unpaired) electrons. The Morgan fingerprint density at radius 2 is 2.00 bits per heavy atom. The first kappa shape index (κ1) is 7.35. The minimum Gasteiger partial charge on any atom is -0.271 e. The van der Waals surface area contributed by atoms with Crippen molar-refractivity contribution in [1.82, 2.24) is 0 Å². The van der Waals surface area contributed by atoms with Crippen molar-refractivity contribution in [1.29, 1.82) is 0 Å². The van der Waals surface area contributed by atoms with Crippen LogP contribution in [0.1, 0.15) is 5.56 Å². The Kier molecular flexibility index (Phi) is 3.03. The zero-order valence-electron chi connectivity index (χ0n) is 5.49. The summed E-state index contributed by atoms with van der Waals surface area (Å²) in [5.41, 5.74) is 3.62. The van der Waals surface area contributed by atoms with Crippen molar-refractivity contribution in [3.63, 3.8) is 0 Å². The van der Waals surface area contributed by atoms with Gasteiger partial charge in [-0.05, 0) is 5.56 Å². The zero-order chi connectivity index (χ0) is 7.23. The van der Waals surface area contributed by atoms with Crippen LogP contribution in [0.25, 0.3) is 0 Å². The molecule has 10 heavy (non-hydrogen) atoms. The van der Waals surface area contributed by atoms with E-state index in [9.17, 15) is 0 Å². The summed E-state index contributed by atoms with van der Waals surface area (Å²) in [6, 6.07) is 10.0. The number of aliphatic imine (C=N–C) groups is 1. The van der Waals surface area contributed by atoms with E-state index in [-0.39, 0.29) is 0 Å². The van der Waals surface area contributed by atoms with Crippen molar-refractivity contribution in [2.45, 2.75) is 6.54 Å². The molecule has 1 aromatic rings. The molecule has 1 nitrogen and oxygen atoms in total. The first-order chi connectivity index (χ1) is 4.93. The zero-order valence-corrected chi connectivity index (χ0v) is 6.38. The van der Waals surface area contributed by atoms with Gasteiger partial charge < -0.3 is 0 Å². The van der Waals surface area contributed by atoms with Crippen LogP contribution < -0.4 is 0 Å². The summed E-state index contributed by atoms with van der Waals surface area (Å²) in [6.07, 6.45) is 0. The molecule has 0 saturated heterocycles. The van der Waals surface area contributed by atoms with E-state index in [1.54, 1.807) is 0 Å². The molecule has 0 aromatic heterocycles. The van der Waals surface area contributed by atoms with Crippen LogP contribution in [0.3, 0.4) is 0 Å². The molecule has 0 unspecified atom stereocenters. The molecule has 0 spiro atoms. The molecule has 0 aliphatic heterocycles. The second-order valence-electron chi connectivity index (χ2n) is 1.90. The highest BCUT2D eigenvalue weighted by Crippen LogP contribution is 1.99. The fourth-order valence-corrected chi connectivity index (χ4v) is 0.781. The average Bonchev–Trinajstić information content (AvgIpc) is 2.03. The molecule has 0 amide bonds. The van der Waals surface area contributed by atoms with E-state index in [4.69, 9.17) is 0 Å². The van der Waals surface area contributed by atoms with Gasteiger partial charge in [0, 0.05) is 0 Å². The fraction of sp³-hybridized carbons (Fsp3) is 0.125. The molecule has 0 aliphatic carbocycles. The minimum atomic E-state index is 0.671. The Bertz CT molecular complexity index is 206. The number of thiol groups is 1. The predicted octanol–water partition coefficient (Wildman–Crippen LogP) is 2.02. The average molecular weight is 150 g/mol. The largest absolute Gasteiger partial charge is 0.271 e. The maximum atomic E-state index is 3.86. The summed E-state index contributed by atoms with van der Waals surface area (Å²) >= 11 is 3.73. The smallest absolute Gasteiger partial charge is 0.119 e. The lowest BCUT2D eigenvalue weighted by molar-refractivity contribution is 1.08. The third kappa shape index (κ3) is 2.23. The molecule has 0 N–H and O–H groups in total. The van der Waals surface area contributed by atoms with E-state index in [2.05, 4.69) is 23.2 Å². The molecule has 0 heterocycles. The van der Waals surface area contributed by atoms with Gasteiger partial charge in [-0.25, -0.2) is 0 Å². The molecule has 0 saturated carbocycles. The second kappa shape index (κ2) is 4.12. The Morgan fingerprint density at radius 1 is 1.30 bits per heavy atom. The van der Waals surface area contributed by atoms with Gasteiger partial charge in [0.05, 0.1) is 6.54 Å². The van der Waals surface area contributed by atoms with Crippen LogP contribution >= 0.6 is 12.6 Å². The van der Waals surface area contributed by atoms with Crippen molar-refractivity contribution in [3.8, 4) is 0 Å². The second-order valence-corrected chi connectivity index (χ2v) is 2.10. The molecule has 0 aliphatic rings. The maximum absolute atomic E-state index is 3.86. The predicted molar refractivity (Wildman–Crippen MR) is 46.6 cm³/mol. The van der Waals surface area contributed by atoms with Crippen LogP contribution in [-0.2, 0) is 6.54 Å². The lowest BCUT2D eigenvalue weighted by atomic mass is 10.2. The molecule has 0 atom stereocenters. The molecule has 0 fully saturated rings. The number of hydrogen-bond donors (Lipinski definition) is 1. The summed E-state index contributed by atoms with van der Waals surface area (Å²) in [4.78, 5) is 3.86. The van der Waals surface area contributed by atoms with Crippen LogP contribution in [0.5, 0.6) is 0 Å². The number of rotatable bonds is 2. The highest BCUT2D eigenvalue weighted by molar-refractivity contribution is 7.94. The van der Waals surface area contributed by atoms with E-state index in [0.717, 1.165) is 0 Å². The van der Waals surface area contributed by atoms with Crippen molar-refractivity contribution in [3.05, 3.63) is 35.9 Å². The normalized spacial score (nSPS) is 10.5. The molecule has 1 rings (SSSR count). The molecule has 0 bridgehead atoms. The van der Waals surface area contributed by atoms with Crippen LogP contribution in [0.4, 0.5) is 0 Å². The fourth-order valence-electron chi connectivity index (χ4n) is 0.710. The number of benzene rings is 1. The summed E-state index contributed by atoms with van der Waals surface area (Å²) in [7, 11) is 0. The minimum absolute atomic E-state index is 0.671. The van der Waals surface area contributed by atoms with Crippen molar-refractivity contribution in [2.75, 3.05) is 0 Å². The van der Waals surface area contributed by atoms with Crippen LogP contribution in [-0.4, -0.2) is 5.55 Å². The van der Waals surface area contributed by atoms with E-state index < -0.39 is 0 Å². The highest BCUT2D eigenvalue weighted by atomic mass is 32.1. The highest BCUT2D eigenvalue weighted by Gasteiger charge is 1.84. The Labute approximate surface area is 66.2 Å². The van der Waals surface area contributed by atoms with Gasteiger partial charge in [-0.3, -0.25) is 4.99 Å². The molecule has 51 valence electrons. The monoisotopic (exact) mass is 150 g/mol. The Hall–Kier alpha value is -0.760. The van der Waals surface area contributed by atoms with Crippen molar-refractivity contribution in [2.24, 2.45) is 4.99 Å². The molecule has 2 heteroatoms. The maximum Gasteiger partial charge on any atom is 0.119 e. The SMILES string of the molecule is S[C]=NCc1ccccc1. The quantitative estimate of drug-likeness (QED) is 0.376. The van der Waals surface area contributed by atoms with Gasteiger partial charge in [-0.2, -0.15) is 0 Å². The van der Waals surface area contributed by atoms with Crippen LogP contribution in [0, 0.1) is 0 Å². The van der Waals surface area contributed by atoms with E-state index >= 15 is 0 Å². The van der Waals surface area contributed by atoms with Gasteiger partial charge in [0.2, 0.25) is 0 Å². The first-order valence-electron chi connectivity index (χ1n) is 3.03. The van der Waals surface area contributed by atoms with Crippen molar-refractivity contribution < 1.29 is 0 Å². The molecular weight excluding hydrogens is 142 g/mol. The third-order valence-electron chi connectivity index (χ3n) is 1.18. The third-order valence-corrected chi connectivity index (χ3v) is 1.32. The Balaban J connectivity index is 2.59. The standard InChI is InChI=1S/C8H8NS/c10-7-9-6-8-4-2-1-3-5-8/h1-5H,6H2,(H,9,10). The molecular formula is C8H8NS. The van der Waals surface area contributed by atoms with Gasteiger partial charge >= 0.3 is 0 Å². The first-order valence-corrected chi connectivity index (χ1v) is 3.47. The lowest BCUT2D eigenvalue weighted by Crippen LogP contribution is -1.77. The topological polar surface area (TPSA) is 12.4 Å². The van der Waals surface area contributed by atoms with Gasteiger partial charge in [-0.15, -0.1) is 12.6 Å². The van der Waals surface area contributed by atoms with E-state index in [1.807, 2.05) is 30.3 Å². The summed E-state index contributed by atoms with van der Waals surface area (Å²) in [5, 5.41) is 0. The van der Waals surface area contributed by atoms with Gasteiger partial charge in [0.1, 0.15) is 5.55 Å². The van der Waals surface area contributed by atoms with Gasteiger partial charge in [0.15, 0.2) is 0 Å². The number of hydrogen-bond acceptors (Lipinski definition) is 1. The molecule has 1 aromatic carbocycles. The van der Waals surface area contributed by atoms with Crippen LogP contribution in [0.15, 0.2) is 35.3 Å². The lowest BCUT2D eigenvalue weighted by Gasteiger charge is -1.91. The van der Waals surface area contributed by atoms with E-state index in [1.165, 1.54) is 5.56 Å². The summed E-state index contributed by atoms with van der Waals surface area (Å²) < 4.78 is 0. The summed E-state index contributed by atoms with van der Waals surface area (Å²) in [6.45, 7) is 0.671. The van der Waals surface area contributed by atoms with Crippen molar-refractivity contribution >= 4 is 18.2 Å². The van der Waals surface area contributed by atoms with Crippen LogP contribution in [0.2, 0.25) is 0 Å². The number of nitrogens with zero attached hydrogens (tertiary/aromatic N) is 1. The van der Waals surface area contributed by atoms with Gasteiger partial charge in [-0.1, -0.05) is 30.3 Å². The van der Waals surface area contributed by atoms with E-state index in [0.29, 0.717) is 6.54 Å². The Morgan fingerprint density at radius 3 is 2.60 bits per heavy atom. The van der Waals surface area contributed by atoms with Gasteiger partial charge in [0.25, 0.3) is 0 Å². The summed E-state index contributed by atoms with van der Waals surface area (Å²) in [5.74, 6) is 0.